The lowest BCUT2D eigenvalue weighted by atomic mass is 10.2. The van der Waals surface area contributed by atoms with E-state index in [1.165, 1.54) is 23.5 Å². The fourth-order valence-corrected chi connectivity index (χ4v) is 2.77. The van der Waals surface area contributed by atoms with Crippen LogP contribution in [0.4, 0.5) is 4.39 Å². The molecular weight excluding hydrogens is 327 g/mol. The van der Waals surface area contributed by atoms with Gasteiger partial charge in [-0.2, -0.15) is 0 Å². The van der Waals surface area contributed by atoms with Crippen molar-refractivity contribution in [3.63, 3.8) is 0 Å². The molecule has 0 spiro atoms. The van der Waals surface area contributed by atoms with E-state index in [9.17, 15) is 4.39 Å². The van der Waals surface area contributed by atoms with E-state index in [0.717, 1.165) is 11.4 Å². The van der Waals surface area contributed by atoms with Crippen molar-refractivity contribution in [2.24, 2.45) is 0 Å². The summed E-state index contributed by atoms with van der Waals surface area (Å²) in [5.41, 5.74) is 0.400. The van der Waals surface area contributed by atoms with Gasteiger partial charge < -0.3 is 0 Å². The van der Waals surface area contributed by atoms with Gasteiger partial charge in [-0.25, -0.2) is 4.39 Å². The summed E-state index contributed by atoms with van der Waals surface area (Å²) in [6.07, 6.45) is 0.909. The molecule has 0 N–H and O–H groups in total. The van der Waals surface area contributed by atoms with Crippen LogP contribution in [0.2, 0.25) is 5.02 Å². The maximum Gasteiger partial charge on any atom is 0.150 e. The van der Waals surface area contributed by atoms with Crippen LogP contribution >= 0.6 is 38.9 Å². The second kappa shape index (κ2) is 5.42. The van der Waals surface area contributed by atoms with E-state index in [1.807, 2.05) is 6.92 Å². The van der Waals surface area contributed by atoms with Gasteiger partial charge in [-0.05, 0) is 24.6 Å². The molecule has 0 saturated heterocycles. The quantitative estimate of drug-likeness (QED) is 0.750. The van der Waals surface area contributed by atoms with E-state index in [4.69, 9.17) is 11.6 Å². The van der Waals surface area contributed by atoms with E-state index < -0.39 is 0 Å². The Kier molecular flexibility index (Phi) is 4.12. The van der Waals surface area contributed by atoms with Crippen LogP contribution in [0, 0.1) is 5.82 Å². The Morgan fingerprint density at radius 1 is 1.47 bits per heavy atom. The number of alkyl halides is 1. The fourth-order valence-electron chi connectivity index (χ4n) is 1.31. The zero-order chi connectivity index (χ0) is 12.4. The summed E-state index contributed by atoms with van der Waals surface area (Å²) in [6, 6.07) is 4.42. The van der Waals surface area contributed by atoms with Gasteiger partial charge in [-0.1, -0.05) is 45.8 Å². The Balaban J connectivity index is 2.40. The summed E-state index contributed by atoms with van der Waals surface area (Å²) >= 11 is 10.7. The summed E-state index contributed by atoms with van der Waals surface area (Å²) in [5, 5.41) is 9.94. The molecule has 2 nitrogen and oxygen atoms in total. The van der Waals surface area contributed by atoms with E-state index in [1.54, 1.807) is 6.07 Å². The molecule has 1 aromatic heterocycles. The molecule has 0 fully saturated rings. The number of nitrogens with zero attached hydrogens (tertiary/aromatic N) is 2. The molecule has 0 bridgehead atoms. The van der Waals surface area contributed by atoms with Crippen LogP contribution in [0.15, 0.2) is 18.2 Å². The average molecular weight is 336 g/mol. The normalized spacial score (nSPS) is 12.7. The molecule has 90 valence electrons. The van der Waals surface area contributed by atoms with E-state index in [2.05, 4.69) is 26.1 Å². The van der Waals surface area contributed by atoms with Crippen LogP contribution in [-0.2, 0) is 0 Å². The molecule has 0 aliphatic rings. The summed E-state index contributed by atoms with van der Waals surface area (Å²) in [4.78, 5) is 0.163. The van der Waals surface area contributed by atoms with Gasteiger partial charge in [0.2, 0.25) is 0 Å². The molecule has 17 heavy (non-hydrogen) atoms. The molecule has 1 aromatic carbocycles. The molecule has 0 aliphatic carbocycles. The highest BCUT2D eigenvalue weighted by atomic mass is 79.9. The van der Waals surface area contributed by atoms with Crippen molar-refractivity contribution >= 4 is 38.9 Å². The van der Waals surface area contributed by atoms with Crippen LogP contribution in [0.5, 0.6) is 0 Å². The first-order valence-corrected chi connectivity index (χ1v) is 7.15. The van der Waals surface area contributed by atoms with Crippen LogP contribution in [0.1, 0.15) is 23.2 Å². The van der Waals surface area contributed by atoms with Crippen molar-refractivity contribution in [3.05, 3.63) is 34.0 Å². The number of aromatic nitrogens is 2. The SMILES string of the molecule is CCC(Br)c1nnc(-c2cc(Cl)ccc2F)s1. The van der Waals surface area contributed by atoms with Crippen LogP contribution in [-0.4, -0.2) is 10.2 Å². The van der Waals surface area contributed by atoms with Gasteiger partial charge in [-0.3, -0.25) is 0 Å². The topological polar surface area (TPSA) is 25.8 Å². The molecule has 1 unspecified atom stereocenters. The van der Waals surface area contributed by atoms with Crippen molar-refractivity contribution in [1.29, 1.82) is 0 Å². The highest BCUT2D eigenvalue weighted by molar-refractivity contribution is 9.09. The molecule has 0 radical (unpaired) electrons. The smallest absolute Gasteiger partial charge is 0.150 e. The predicted octanol–water partition coefficient (Wildman–Crippen LogP) is 4.84. The van der Waals surface area contributed by atoms with Gasteiger partial charge in [0.05, 0.1) is 4.83 Å². The van der Waals surface area contributed by atoms with E-state index >= 15 is 0 Å². The Morgan fingerprint density at radius 2 is 2.24 bits per heavy atom. The minimum absolute atomic E-state index is 0.163. The fraction of sp³-hybridized carbons (Fsp3) is 0.273. The lowest BCUT2D eigenvalue weighted by molar-refractivity contribution is 0.631. The second-order valence-corrected chi connectivity index (χ2v) is 6.00. The first-order valence-electron chi connectivity index (χ1n) is 5.04. The maximum absolute atomic E-state index is 13.6. The van der Waals surface area contributed by atoms with Gasteiger partial charge in [0.25, 0.3) is 0 Å². The summed E-state index contributed by atoms with van der Waals surface area (Å²) < 4.78 is 13.6. The van der Waals surface area contributed by atoms with Crippen molar-refractivity contribution < 1.29 is 4.39 Å². The summed E-state index contributed by atoms with van der Waals surface area (Å²) in [6.45, 7) is 2.04. The molecule has 1 heterocycles. The van der Waals surface area contributed by atoms with Gasteiger partial charge in [0.15, 0.2) is 5.01 Å². The highest BCUT2D eigenvalue weighted by Gasteiger charge is 2.15. The third-order valence-corrected chi connectivity index (χ3v) is 4.92. The minimum Gasteiger partial charge on any atom is -0.206 e. The Labute approximate surface area is 116 Å². The summed E-state index contributed by atoms with van der Waals surface area (Å²) in [7, 11) is 0. The molecule has 2 aromatic rings. The van der Waals surface area contributed by atoms with Gasteiger partial charge in [-0.15, -0.1) is 10.2 Å². The zero-order valence-corrected chi connectivity index (χ0v) is 12.1. The molecule has 1 atom stereocenters. The number of rotatable bonds is 3. The largest absolute Gasteiger partial charge is 0.206 e. The first kappa shape index (κ1) is 12.9. The van der Waals surface area contributed by atoms with Crippen molar-refractivity contribution in [3.8, 4) is 10.6 Å². The second-order valence-electron chi connectivity index (χ2n) is 3.45. The minimum atomic E-state index is -0.334. The zero-order valence-electron chi connectivity index (χ0n) is 8.95. The maximum atomic E-state index is 13.6. The standard InChI is InChI=1S/C11H9BrClFN2S/c1-2-8(12)11-16-15-10(17-11)7-5-6(13)3-4-9(7)14/h3-5,8H,2H2,1H3. The Hall–Kier alpha value is -0.520. The molecular formula is C11H9BrClFN2S. The number of benzene rings is 1. The molecule has 0 saturated carbocycles. The molecule has 0 amide bonds. The Bertz CT molecular complexity index is 532. The predicted molar refractivity (Wildman–Crippen MR) is 72.3 cm³/mol. The monoisotopic (exact) mass is 334 g/mol. The van der Waals surface area contributed by atoms with Crippen molar-refractivity contribution in [2.75, 3.05) is 0 Å². The number of halogens is 3. The van der Waals surface area contributed by atoms with Crippen molar-refractivity contribution in [1.82, 2.24) is 10.2 Å². The lowest BCUT2D eigenvalue weighted by Crippen LogP contribution is -1.85. The van der Waals surface area contributed by atoms with Crippen LogP contribution in [0.3, 0.4) is 0 Å². The van der Waals surface area contributed by atoms with E-state index in [0.29, 0.717) is 15.6 Å². The lowest BCUT2D eigenvalue weighted by Gasteiger charge is -1.99. The van der Waals surface area contributed by atoms with Crippen molar-refractivity contribution in [2.45, 2.75) is 18.2 Å². The molecule has 2 rings (SSSR count). The first-order chi connectivity index (χ1) is 8.11. The third-order valence-electron chi connectivity index (χ3n) is 2.23. The van der Waals surface area contributed by atoms with Gasteiger partial charge in [0.1, 0.15) is 10.8 Å². The van der Waals surface area contributed by atoms with Gasteiger partial charge in [0, 0.05) is 10.6 Å². The van der Waals surface area contributed by atoms with Crippen LogP contribution in [0.25, 0.3) is 10.6 Å². The third kappa shape index (κ3) is 2.84. The number of hydrogen-bond donors (Lipinski definition) is 0. The molecule has 6 heteroatoms. The highest BCUT2D eigenvalue weighted by Crippen LogP contribution is 2.34. The average Bonchev–Trinajstić information content (AvgIpc) is 2.80. The van der Waals surface area contributed by atoms with Gasteiger partial charge >= 0.3 is 0 Å². The summed E-state index contributed by atoms with van der Waals surface area (Å²) in [5.74, 6) is -0.334. The number of hydrogen-bond acceptors (Lipinski definition) is 3. The van der Waals surface area contributed by atoms with Crippen LogP contribution < -0.4 is 0 Å². The molecule has 0 aliphatic heterocycles. The van der Waals surface area contributed by atoms with E-state index in [-0.39, 0.29) is 10.6 Å². The Morgan fingerprint density at radius 3 is 2.94 bits per heavy atom.